The van der Waals surface area contributed by atoms with Gasteiger partial charge in [-0.2, -0.15) is 11.8 Å². The van der Waals surface area contributed by atoms with Gasteiger partial charge in [0.2, 0.25) is 5.91 Å². The molecule has 6 heteroatoms. The first-order valence-electron chi connectivity index (χ1n) is 9.59. The molecule has 3 aromatic rings. The van der Waals surface area contributed by atoms with Crippen LogP contribution in [0.5, 0.6) is 5.75 Å². The van der Waals surface area contributed by atoms with E-state index in [-0.39, 0.29) is 5.91 Å². The van der Waals surface area contributed by atoms with E-state index in [1.165, 1.54) is 0 Å². The normalized spacial score (nSPS) is 10.7. The van der Waals surface area contributed by atoms with Crippen molar-refractivity contribution >= 4 is 34.7 Å². The highest BCUT2D eigenvalue weighted by Gasteiger charge is 2.08. The van der Waals surface area contributed by atoms with Gasteiger partial charge in [-0.05, 0) is 61.4 Å². The van der Waals surface area contributed by atoms with E-state index in [0.29, 0.717) is 6.42 Å². The Hall–Kier alpha value is -2.31. The van der Waals surface area contributed by atoms with Crippen molar-refractivity contribution in [2.45, 2.75) is 32.4 Å². The fourth-order valence-corrected chi connectivity index (χ4v) is 4.75. The van der Waals surface area contributed by atoms with Crippen LogP contribution in [0.25, 0.3) is 10.6 Å². The Kier molecular flexibility index (Phi) is 7.72. The summed E-state index contributed by atoms with van der Waals surface area (Å²) < 4.78 is 5.20. The highest BCUT2D eigenvalue weighted by atomic mass is 32.2. The molecule has 0 aliphatic rings. The molecule has 0 saturated heterocycles. The molecular weight excluding hydrogens is 400 g/mol. The van der Waals surface area contributed by atoms with Crippen molar-refractivity contribution in [2.75, 3.05) is 18.2 Å². The number of thiazole rings is 1. The van der Waals surface area contributed by atoms with Gasteiger partial charge in [0.05, 0.1) is 12.8 Å². The van der Waals surface area contributed by atoms with Crippen molar-refractivity contribution < 1.29 is 9.53 Å². The lowest BCUT2D eigenvalue weighted by atomic mass is 10.1. The molecule has 0 aliphatic carbocycles. The molecule has 0 aliphatic heterocycles. The maximum absolute atomic E-state index is 12.2. The van der Waals surface area contributed by atoms with Crippen molar-refractivity contribution in [1.82, 2.24) is 4.98 Å². The molecule has 29 heavy (non-hydrogen) atoms. The van der Waals surface area contributed by atoms with Gasteiger partial charge < -0.3 is 10.1 Å². The van der Waals surface area contributed by atoms with Crippen LogP contribution in [0.15, 0.2) is 47.8 Å². The van der Waals surface area contributed by atoms with E-state index < -0.39 is 0 Å². The Bertz CT molecular complexity index is 932. The SMILES string of the molecule is COc1ccc(-c2nc(CSCCCC(=O)Nc3c(C)cccc3C)cs2)cc1. The molecule has 3 rings (SSSR count). The van der Waals surface area contributed by atoms with Crippen LogP contribution >= 0.6 is 23.1 Å². The summed E-state index contributed by atoms with van der Waals surface area (Å²) >= 11 is 3.48. The van der Waals surface area contributed by atoms with Gasteiger partial charge in [-0.25, -0.2) is 4.98 Å². The van der Waals surface area contributed by atoms with Gasteiger partial charge in [-0.1, -0.05) is 18.2 Å². The first kappa shape index (κ1) is 21.4. The lowest BCUT2D eigenvalue weighted by molar-refractivity contribution is -0.116. The topological polar surface area (TPSA) is 51.2 Å². The second-order valence-corrected chi connectivity index (χ2v) is 8.81. The zero-order valence-electron chi connectivity index (χ0n) is 17.0. The predicted molar refractivity (Wildman–Crippen MR) is 124 cm³/mol. The van der Waals surface area contributed by atoms with E-state index >= 15 is 0 Å². The molecule has 152 valence electrons. The highest BCUT2D eigenvalue weighted by molar-refractivity contribution is 7.98. The van der Waals surface area contributed by atoms with Crippen LogP contribution in [0.3, 0.4) is 0 Å². The molecule has 2 aromatic carbocycles. The molecule has 0 bridgehead atoms. The van der Waals surface area contributed by atoms with Crippen molar-refractivity contribution in [3.05, 3.63) is 64.7 Å². The zero-order valence-corrected chi connectivity index (χ0v) is 18.7. The number of benzene rings is 2. The van der Waals surface area contributed by atoms with Gasteiger partial charge >= 0.3 is 0 Å². The summed E-state index contributed by atoms with van der Waals surface area (Å²) in [6.07, 6.45) is 1.39. The fourth-order valence-electron chi connectivity index (χ4n) is 2.96. The lowest BCUT2D eigenvalue weighted by Gasteiger charge is -2.11. The summed E-state index contributed by atoms with van der Waals surface area (Å²) in [6.45, 7) is 4.04. The molecule has 0 unspecified atom stereocenters. The third kappa shape index (κ3) is 6.08. The average molecular weight is 427 g/mol. The third-order valence-electron chi connectivity index (χ3n) is 4.58. The lowest BCUT2D eigenvalue weighted by Crippen LogP contribution is -2.13. The number of carbonyl (C=O) groups is 1. The first-order valence-corrected chi connectivity index (χ1v) is 11.6. The number of ether oxygens (including phenoxy) is 1. The van der Waals surface area contributed by atoms with Gasteiger partial charge in [0.1, 0.15) is 10.8 Å². The summed E-state index contributed by atoms with van der Waals surface area (Å²) in [5.41, 5.74) is 5.34. The van der Waals surface area contributed by atoms with Crippen molar-refractivity contribution in [3.63, 3.8) is 0 Å². The average Bonchev–Trinajstić information content (AvgIpc) is 3.19. The minimum Gasteiger partial charge on any atom is -0.497 e. The van der Waals surface area contributed by atoms with Crippen LogP contribution < -0.4 is 10.1 Å². The van der Waals surface area contributed by atoms with E-state index in [4.69, 9.17) is 9.72 Å². The molecule has 0 spiro atoms. The van der Waals surface area contributed by atoms with E-state index in [2.05, 4.69) is 10.7 Å². The molecule has 1 heterocycles. The fraction of sp³-hybridized carbons (Fsp3) is 0.304. The molecule has 0 fully saturated rings. The predicted octanol–water partition coefficient (Wildman–Crippen LogP) is 6.09. The van der Waals surface area contributed by atoms with E-state index in [9.17, 15) is 4.79 Å². The Morgan fingerprint density at radius 1 is 1.14 bits per heavy atom. The van der Waals surface area contributed by atoms with Crippen LogP contribution in [0.2, 0.25) is 0 Å². The summed E-state index contributed by atoms with van der Waals surface area (Å²) in [5, 5.41) is 6.18. The molecular formula is C23H26N2O2S2. The number of amides is 1. The monoisotopic (exact) mass is 426 g/mol. The van der Waals surface area contributed by atoms with E-state index in [1.807, 2.05) is 68.1 Å². The molecule has 4 nitrogen and oxygen atoms in total. The Labute approximate surface area is 180 Å². The van der Waals surface area contributed by atoms with Crippen LogP contribution in [0.4, 0.5) is 5.69 Å². The summed E-state index contributed by atoms with van der Waals surface area (Å²) in [6, 6.07) is 14.0. The second kappa shape index (κ2) is 10.5. The van der Waals surface area contributed by atoms with E-state index in [1.54, 1.807) is 18.4 Å². The number of methoxy groups -OCH3 is 1. The quantitative estimate of drug-likeness (QED) is 0.421. The van der Waals surface area contributed by atoms with Gasteiger partial charge in [0.15, 0.2) is 0 Å². The largest absolute Gasteiger partial charge is 0.497 e. The maximum atomic E-state index is 12.2. The molecule has 0 radical (unpaired) electrons. The summed E-state index contributed by atoms with van der Waals surface area (Å²) in [4.78, 5) is 16.9. The number of thioether (sulfide) groups is 1. The smallest absolute Gasteiger partial charge is 0.224 e. The number of aromatic nitrogens is 1. The number of nitrogens with one attached hydrogen (secondary N) is 1. The third-order valence-corrected chi connectivity index (χ3v) is 6.59. The van der Waals surface area contributed by atoms with E-state index in [0.717, 1.165) is 56.8 Å². The van der Waals surface area contributed by atoms with Crippen molar-refractivity contribution in [3.8, 4) is 16.3 Å². The number of rotatable bonds is 9. The number of aryl methyl sites for hydroxylation is 2. The zero-order chi connectivity index (χ0) is 20.6. The number of anilines is 1. The summed E-state index contributed by atoms with van der Waals surface area (Å²) in [7, 11) is 1.67. The number of para-hydroxylation sites is 1. The molecule has 1 aromatic heterocycles. The van der Waals surface area contributed by atoms with Crippen LogP contribution in [0.1, 0.15) is 29.7 Å². The molecule has 1 amide bonds. The van der Waals surface area contributed by atoms with Crippen LogP contribution in [-0.2, 0) is 10.5 Å². The number of carbonyl (C=O) groups excluding carboxylic acids is 1. The van der Waals surface area contributed by atoms with Gasteiger partial charge in [0, 0.05) is 28.8 Å². The standard InChI is InChI=1S/C23H26N2O2S2/c1-16-6-4-7-17(2)22(16)25-21(26)8-5-13-28-14-19-15-29-23(24-19)18-9-11-20(27-3)12-10-18/h4,6-7,9-12,15H,5,8,13-14H2,1-3H3,(H,25,26). The van der Waals surface area contributed by atoms with Crippen molar-refractivity contribution in [1.29, 1.82) is 0 Å². The Balaban J connectivity index is 1.39. The number of hydrogen-bond donors (Lipinski definition) is 1. The molecule has 0 atom stereocenters. The number of hydrogen-bond acceptors (Lipinski definition) is 5. The minimum absolute atomic E-state index is 0.0819. The van der Waals surface area contributed by atoms with Crippen molar-refractivity contribution in [2.24, 2.45) is 0 Å². The van der Waals surface area contributed by atoms with Gasteiger partial charge in [-0.15, -0.1) is 11.3 Å². The Morgan fingerprint density at radius 3 is 2.55 bits per heavy atom. The molecule has 0 saturated carbocycles. The summed E-state index contributed by atoms with van der Waals surface area (Å²) in [5.74, 6) is 2.74. The maximum Gasteiger partial charge on any atom is 0.224 e. The van der Waals surface area contributed by atoms with Crippen LogP contribution in [0, 0.1) is 13.8 Å². The first-order chi connectivity index (χ1) is 14.1. The van der Waals surface area contributed by atoms with Crippen LogP contribution in [-0.4, -0.2) is 23.8 Å². The minimum atomic E-state index is 0.0819. The second-order valence-electron chi connectivity index (χ2n) is 6.84. The highest BCUT2D eigenvalue weighted by Crippen LogP contribution is 2.27. The van der Waals surface area contributed by atoms with Gasteiger partial charge in [-0.3, -0.25) is 4.79 Å². The Morgan fingerprint density at radius 2 is 1.86 bits per heavy atom. The molecule has 1 N–H and O–H groups in total. The van der Waals surface area contributed by atoms with Gasteiger partial charge in [0.25, 0.3) is 0 Å². The number of nitrogens with zero attached hydrogens (tertiary/aromatic N) is 1.